The van der Waals surface area contributed by atoms with Gasteiger partial charge in [0.1, 0.15) is 6.07 Å². The van der Waals surface area contributed by atoms with E-state index in [9.17, 15) is 0 Å². The molecule has 0 amide bonds. The molecule has 2 rings (SSSR count). The molecule has 0 fully saturated rings. The normalized spacial score (nSPS) is 8.60. The number of hydrogen-bond donors (Lipinski definition) is 0. The summed E-state index contributed by atoms with van der Waals surface area (Å²) in [5.74, 6) is 1.13. The first-order valence-corrected chi connectivity index (χ1v) is 5.41. The molecule has 20 heavy (non-hydrogen) atoms. The van der Waals surface area contributed by atoms with Gasteiger partial charge in [-0.15, -0.1) is 0 Å². The third-order valence-corrected chi connectivity index (χ3v) is 2.84. The average molecular weight is 338 g/mol. The number of halogens is 1. The quantitative estimate of drug-likeness (QED) is 0.621. The van der Waals surface area contributed by atoms with E-state index < -0.39 is 0 Å². The Hall–Kier alpha value is -1.98. The van der Waals surface area contributed by atoms with Crippen molar-refractivity contribution in [2.75, 3.05) is 14.2 Å². The van der Waals surface area contributed by atoms with Crippen molar-refractivity contribution < 1.29 is 26.5 Å². The second-order valence-electron chi connectivity index (χ2n) is 3.32. The molecule has 5 nitrogen and oxygen atoms in total. The van der Waals surface area contributed by atoms with Gasteiger partial charge in [0.2, 0.25) is 0 Å². The minimum Gasteiger partial charge on any atom is -0.512 e. The number of methoxy groups -OCH3 is 2. The number of pyridine rings is 1. The van der Waals surface area contributed by atoms with Crippen LogP contribution >= 0.6 is 11.6 Å². The van der Waals surface area contributed by atoms with Crippen LogP contribution in [0, 0.1) is 23.2 Å². The number of hydrogen-bond acceptors (Lipinski definition) is 5. The zero-order valence-corrected chi connectivity index (χ0v) is 12.3. The van der Waals surface area contributed by atoms with E-state index in [2.05, 4.69) is 4.98 Å². The van der Waals surface area contributed by atoms with Crippen LogP contribution in [-0.2, 0) is 17.1 Å². The monoisotopic (exact) mass is 337 g/mol. The first-order valence-electron chi connectivity index (χ1n) is 5.04. The number of rotatable bonds is 2. The molecule has 106 valence electrons. The van der Waals surface area contributed by atoms with Gasteiger partial charge in [-0.3, -0.25) is 4.98 Å². The Balaban J connectivity index is 0.00000115. The molecule has 0 aliphatic carbocycles. The summed E-state index contributed by atoms with van der Waals surface area (Å²) in [7, 11) is 3.09. The molecular weight excluding hydrogens is 329 g/mol. The molecule has 0 radical (unpaired) electrons. The summed E-state index contributed by atoms with van der Waals surface area (Å²) < 4.78 is 10.3. The molecule has 0 saturated carbocycles. The molecule has 0 aliphatic heterocycles. The summed E-state index contributed by atoms with van der Waals surface area (Å²) in [6.45, 7) is 4.75. The Bertz CT molecular complexity index is 668. The molecule has 0 unspecified atom stereocenters. The molecule has 7 heteroatoms. The summed E-state index contributed by atoms with van der Waals surface area (Å²) in [6.07, 6.45) is 1.44. The number of ether oxygens (including phenoxy) is 2. The molecule has 1 aromatic carbocycles. The maximum absolute atomic E-state index is 8.87. The number of aromatic nitrogens is 1. The Labute approximate surface area is 132 Å². The molecule has 0 atom stereocenters. The molecule has 0 N–H and O–H groups in total. The second-order valence-corrected chi connectivity index (χ2v) is 3.70. The molecule has 0 aliphatic rings. The average Bonchev–Trinajstić information content (AvgIpc) is 2.48. The zero-order valence-electron chi connectivity index (χ0n) is 10.6. The van der Waals surface area contributed by atoms with Gasteiger partial charge in [0.25, 0.3) is 0 Å². The standard InChI is InChI=1S/C12H9ClN2O2.CN.Cu/c1-16-10-3-8-9(4-11(10)17-2)15-6-7(5-14)12(8)13;1-2;/h3-4,6H,1-2H3;;/q;-1;+1. The van der Waals surface area contributed by atoms with E-state index in [4.69, 9.17) is 38.2 Å². The Morgan fingerprint density at radius 3 is 2.25 bits per heavy atom. The molecule has 1 heterocycles. The van der Waals surface area contributed by atoms with Crippen molar-refractivity contribution in [1.29, 1.82) is 10.5 Å². The minimum absolute atomic E-state index is 0. The van der Waals surface area contributed by atoms with Crippen molar-refractivity contribution in [3.8, 4) is 17.6 Å². The van der Waals surface area contributed by atoms with Crippen LogP contribution in [0.4, 0.5) is 0 Å². The second kappa shape index (κ2) is 8.24. The summed E-state index contributed by atoms with van der Waals surface area (Å²) >= 11 is 6.11. The van der Waals surface area contributed by atoms with Crippen molar-refractivity contribution in [2.45, 2.75) is 0 Å². The van der Waals surface area contributed by atoms with Gasteiger partial charge < -0.3 is 21.3 Å². The molecule has 0 bridgehead atoms. The predicted octanol–water partition coefficient (Wildman–Crippen LogP) is 2.87. The first kappa shape index (κ1) is 18.0. The Kier molecular flexibility index (Phi) is 7.43. The van der Waals surface area contributed by atoms with E-state index in [1.807, 2.05) is 6.07 Å². The van der Waals surface area contributed by atoms with Crippen molar-refractivity contribution in [1.82, 2.24) is 4.98 Å². The third kappa shape index (κ3) is 3.31. The van der Waals surface area contributed by atoms with Crippen LogP contribution in [0.3, 0.4) is 0 Å². The molecule has 2 aromatic rings. The van der Waals surface area contributed by atoms with Gasteiger partial charge in [-0.1, -0.05) is 11.6 Å². The van der Waals surface area contributed by atoms with Gasteiger partial charge >= 0.3 is 17.1 Å². The van der Waals surface area contributed by atoms with E-state index >= 15 is 0 Å². The predicted molar refractivity (Wildman–Crippen MR) is 69.5 cm³/mol. The van der Waals surface area contributed by atoms with Crippen LogP contribution in [0.2, 0.25) is 5.02 Å². The van der Waals surface area contributed by atoms with Crippen LogP contribution in [0.5, 0.6) is 11.5 Å². The van der Waals surface area contributed by atoms with Gasteiger partial charge in [-0.25, -0.2) is 0 Å². The van der Waals surface area contributed by atoms with Gasteiger partial charge in [-0.2, -0.15) is 5.26 Å². The molecule has 0 spiro atoms. The summed E-state index contributed by atoms with van der Waals surface area (Å²) in [5, 5.41) is 16.2. The van der Waals surface area contributed by atoms with Crippen LogP contribution in [0.1, 0.15) is 5.56 Å². The maximum Gasteiger partial charge on any atom is 1.00 e. The summed E-state index contributed by atoms with van der Waals surface area (Å²) in [4.78, 5) is 4.15. The number of nitriles is 1. The molecule has 1 aromatic heterocycles. The van der Waals surface area contributed by atoms with Gasteiger partial charge in [0.05, 0.1) is 30.3 Å². The number of nitrogens with zero attached hydrogens (tertiary/aromatic N) is 3. The van der Waals surface area contributed by atoms with Crippen molar-refractivity contribution in [3.63, 3.8) is 0 Å². The zero-order chi connectivity index (χ0) is 14.4. The van der Waals surface area contributed by atoms with Crippen molar-refractivity contribution in [2.24, 2.45) is 0 Å². The fourth-order valence-electron chi connectivity index (χ4n) is 1.56. The number of fused-ring (bicyclic) bond motifs is 1. The fraction of sp³-hybridized carbons (Fsp3) is 0.154. The van der Waals surface area contributed by atoms with Crippen LogP contribution in [0.15, 0.2) is 18.3 Å². The topological polar surface area (TPSA) is 78.9 Å². The van der Waals surface area contributed by atoms with E-state index in [-0.39, 0.29) is 17.1 Å². The van der Waals surface area contributed by atoms with Crippen molar-refractivity contribution >= 4 is 22.5 Å². The van der Waals surface area contributed by atoms with Gasteiger partial charge in [-0.05, 0) is 6.07 Å². The van der Waals surface area contributed by atoms with Gasteiger partial charge in [0, 0.05) is 17.6 Å². The SMILES string of the molecule is COc1cc2ncc(C#N)c(Cl)c2cc1OC.[C-]#N.[Cu+]. The minimum atomic E-state index is 0. The summed E-state index contributed by atoms with van der Waals surface area (Å²) in [5.41, 5.74) is 0.998. The fourth-order valence-corrected chi connectivity index (χ4v) is 1.81. The molecule has 0 saturated heterocycles. The van der Waals surface area contributed by atoms with Crippen LogP contribution in [-0.4, -0.2) is 19.2 Å². The smallest absolute Gasteiger partial charge is 0.512 e. The number of benzene rings is 1. The van der Waals surface area contributed by atoms with Crippen LogP contribution in [0.25, 0.3) is 10.9 Å². The Morgan fingerprint density at radius 2 is 1.75 bits per heavy atom. The largest absolute Gasteiger partial charge is 1.00 e. The van der Waals surface area contributed by atoms with E-state index in [1.54, 1.807) is 26.4 Å². The van der Waals surface area contributed by atoms with E-state index in [0.717, 1.165) is 0 Å². The van der Waals surface area contributed by atoms with Crippen molar-refractivity contribution in [3.05, 3.63) is 35.5 Å². The van der Waals surface area contributed by atoms with Gasteiger partial charge in [0.15, 0.2) is 11.5 Å². The first-order chi connectivity index (χ1) is 9.21. The maximum atomic E-state index is 8.87. The summed E-state index contributed by atoms with van der Waals surface area (Å²) in [6, 6.07) is 5.42. The Morgan fingerprint density at radius 1 is 1.20 bits per heavy atom. The van der Waals surface area contributed by atoms with E-state index in [0.29, 0.717) is 33.0 Å². The third-order valence-electron chi connectivity index (χ3n) is 2.43. The van der Waals surface area contributed by atoms with Crippen LogP contribution < -0.4 is 9.47 Å². The van der Waals surface area contributed by atoms with E-state index in [1.165, 1.54) is 6.20 Å². The molecular formula is C13H9ClCuN3O2.